The van der Waals surface area contributed by atoms with Crippen LogP contribution >= 0.6 is 0 Å². The molecule has 5 nitrogen and oxygen atoms in total. The maximum atomic E-state index is 10.9. The van der Waals surface area contributed by atoms with E-state index in [2.05, 4.69) is 18.0 Å². The minimum Gasteiger partial charge on any atom is -0.481 e. The molecule has 22 heavy (non-hydrogen) atoms. The van der Waals surface area contributed by atoms with E-state index in [-0.39, 0.29) is 6.61 Å². The molecule has 2 aromatic rings. The molecular weight excluding hydrogens is 302 g/mol. The zero-order valence-corrected chi connectivity index (χ0v) is 13.9. The zero-order valence-electron chi connectivity index (χ0n) is 13.1. The monoisotopic (exact) mass is 323 g/mol. The molecule has 6 heteroatoms. The highest BCUT2D eigenvalue weighted by Gasteiger charge is 2.07. The Balaban J connectivity index is 2.12. The second-order valence-electron chi connectivity index (χ2n) is 5.17. The molecule has 2 rings (SSSR count). The first kappa shape index (κ1) is 16.7. The Morgan fingerprint density at radius 3 is 2.64 bits per heavy atom. The number of methoxy groups -OCH3 is 1. The van der Waals surface area contributed by atoms with Crippen LogP contribution in [0.25, 0.3) is 10.9 Å². The van der Waals surface area contributed by atoms with Crippen molar-refractivity contribution >= 4 is 21.0 Å². The lowest BCUT2D eigenvalue weighted by Crippen LogP contribution is -2.05. The number of benzene rings is 1. The number of aryl methyl sites for hydroxylation is 2. The van der Waals surface area contributed by atoms with Gasteiger partial charge in [0.05, 0.1) is 25.5 Å². The summed E-state index contributed by atoms with van der Waals surface area (Å²) >= 11 is 0. The molecule has 1 aromatic carbocycles. The van der Waals surface area contributed by atoms with Crippen molar-refractivity contribution in [1.82, 2.24) is 4.98 Å². The first-order chi connectivity index (χ1) is 10.4. The summed E-state index contributed by atoms with van der Waals surface area (Å²) in [5, 5.41) is 1.08. The predicted molar refractivity (Wildman–Crippen MR) is 86.8 cm³/mol. The van der Waals surface area contributed by atoms with Crippen molar-refractivity contribution < 1.29 is 17.3 Å². The molecule has 0 bridgehead atoms. The van der Waals surface area contributed by atoms with Crippen LogP contribution in [-0.4, -0.2) is 33.4 Å². The van der Waals surface area contributed by atoms with Crippen LogP contribution in [0.2, 0.25) is 0 Å². The highest BCUT2D eigenvalue weighted by molar-refractivity contribution is 7.85. The van der Waals surface area contributed by atoms with Crippen LogP contribution in [0.1, 0.15) is 24.5 Å². The van der Waals surface area contributed by atoms with Gasteiger partial charge in [-0.1, -0.05) is 19.1 Å². The normalized spacial score (nSPS) is 11.8. The molecule has 1 aromatic heterocycles. The van der Waals surface area contributed by atoms with Crippen LogP contribution in [0.3, 0.4) is 0 Å². The minimum absolute atomic E-state index is 0.197. The van der Waals surface area contributed by atoms with E-state index in [0.29, 0.717) is 12.3 Å². The molecule has 0 atom stereocenters. The lowest BCUT2D eigenvalue weighted by Gasteiger charge is -2.09. The van der Waals surface area contributed by atoms with E-state index in [9.17, 15) is 8.42 Å². The first-order valence-electron chi connectivity index (χ1n) is 7.24. The topological polar surface area (TPSA) is 65.5 Å². The fourth-order valence-electron chi connectivity index (χ4n) is 2.31. The minimum atomic E-state index is -3.36. The van der Waals surface area contributed by atoms with Gasteiger partial charge in [0.2, 0.25) is 5.88 Å². The summed E-state index contributed by atoms with van der Waals surface area (Å²) in [6.07, 6.45) is 3.31. The van der Waals surface area contributed by atoms with Gasteiger partial charge in [0, 0.05) is 10.9 Å². The number of ether oxygens (including phenoxy) is 1. The number of hydrogen-bond acceptors (Lipinski definition) is 5. The fraction of sp³-hybridized carbons (Fsp3) is 0.438. The summed E-state index contributed by atoms with van der Waals surface area (Å²) in [6.45, 7) is 2.27. The predicted octanol–water partition coefficient (Wildman–Crippen LogP) is 2.71. The average Bonchev–Trinajstić information content (AvgIpc) is 2.49. The van der Waals surface area contributed by atoms with Gasteiger partial charge in [0.25, 0.3) is 10.1 Å². The van der Waals surface area contributed by atoms with E-state index in [4.69, 9.17) is 8.92 Å². The molecule has 0 fully saturated rings. The van der Waals surface area contributed by atoms with Crippen molar-refractivity contribution in [2.45, 2.75) is 26.2 Å². The Morgan fingerprint density at radius 2 is 2.00 bits per heavy atom. The van der Waals surface area contributed by atoms with E-state index in [1.54, 1.807) is 7.11 Å². The third-order valence-electron chi connectivity index (χ3n) is 3.40. The highest BCUT2D eigenvalue weighted by Crippen LogP contribution is 2.23. The number of rotatable bonds is 7. The largest absolute Gasteiger partial charge is 0.481 e. The Hall–Kier alpha value is -1.66. The molecule has 0 aliphatic heterocycles. The zero-order chi connectivity index (χ0) is 16.2. The molecule has 0 amide bonds. The molecule has 0 N–H and O–H groups in total. The van der Waals surface area contributed by atoms with Gasteiger partial charge >= 0.3 is 0 Å². The third kappa shape index (κ3) is 4.42. The van der Waals surface area contributed by atoms with Gasteiger partial charge in [-0.3, -0.25) is 4.18 Å². The second-order valence-corrected chi connectivity index (χ2v) is 6.81. The number of aromatic nitrogens is 1. The van der Waals surface area contributed by atoms with Gasteiger partial charge in [-0.05, 0) is 37.0 Å². The van der Waals surface area contributed by atoms with Crippen LogP contribution in [0, 0.1) is 0 Å². The van der Waals surface area contributed by atoms with Crippen LogP contribution in [-0.2, 0) is 27.1 Å². The maximum absolute atomic E-state index is 10.9. The van der Waals surface area contributed by atoms with E-state index in [1.807, 2.05) is 18.2 Å². The van der Waals surface area contributed by atoms with E-state index < -0.39 is 10.1 Å². The van der Waals surface area contributed by atoms with Gasteiger partial charge in [-0.2, -0.15) is 8.42 Å². The third-order valence-corrected chi connectivity index (χ3v) is 4.00. The maximum Gasteiger partial charge on any atom is 0.264 e. The number of pyridine rings is 1. The summed E-state index contributed by atoms with van der Waals surface area (Å²) in [4.78, 5) is 4.54. The molecule has 0 radical (unpaired) electrons. The average molecular weight is 323 g/mol. The molecule has 0 aliphatic rings. The Labute approximate surface area is 131 Å². The summed E-state index contributed by atoms with van der Waals surface area (Å²) in [7, 11) is -1.73. The quantitative estimate of drug-likeness (QED) is 0.579. The van der Waals surface area contributed by atoms with Crippen LogP contribution in [0.4, 0.5) is 0 Å². The van der Waals surface area contributed by atoms with E-state index >= 15 is 0 Å². The molecule has 1 heterocycles. The summed E-state index contributed by atoms with van der Waals surface area (Å²) < 4.78 is 31.9. The molecule has 0 spiro atoms. The number of nitrogens with zero attached hydrogens (tertiary/aromatic N) is 1. The van der Waals surface area contributed by atoms with Crippen LogP contribution in [0.5, 0.6) is 5.88 Å². The van der Waals surface area contributed by atoms with Crippen molar-refractivity contribution in [3.8, 4) is 5.88 Å². The molecule has 0 saturated heterocycles. The molecular formula is C16H21NO4S. The first-order valence-corrected chi connectivity index (χ1v) is 9.05. The highest BCUT2D eigenvalue weighted by atomic mass is 32.2. The summed E-state index contributed by atoms with van der Waals surface area (Å²) in [5.41, 5.74) is 3.07. The van der Waals surface area contributed by atoms with Crippen LogP contribution < -0.4 is 4.74 Å². The lowest BCUT2D eigenvalue weighted by atomic mass is 10.1. The lowest BCUT2D eigenvalue weighted by molar-refractivity contribution is 0.316. The fourth-order valence-corrected chi connectivity index (χ4v) is 2.73. The summed E-state index contributed by atoms with van der Waals surface area (Å²) in [5.74, 6) is 0.660. The summed E-state index contributed by atoms with van der Waals surface area (Å²) in [6, 6.07) is 8.18. The van der Waals surface area contributed by atoms with Gasteiger partial charge in [0.15, 0.2) is 0 Å². The molecule has 0 unspecified atom stereocenters. The van der Waals surface area contributed by atoms with Crippen molar-refractivity contribution in [3.63, 3.8) is 0 Å². The second kappa shape index (κ2) is 7.07. The number of hydrogen-bond donors (Lipinski definition) is 0. The van der Waals surface area contributed by atoms with Gasteiger partial charge < -0.3 is 4.74 Å². The smallest absolute Gasteiger partial charge is 0.264 e. The van der Waals surface area contributed by atoms with Crippen molar-refractivity contribution in [3.05, 3.63) is 35.4 Å². The van der Waals surface area contributed by atoms with Crippen LogP contribution in [0.15, 0.2) is 24.3 Å². The van der Waals surface area contributed by atoms with Gasteiger partial charge in [-0.15, -0.1) is 0 Å². The standard InChI is InChI=1S/C16H21NO4S/c1-4-13-11-14-8-7-12(6-5-9-21-22(3,18)19)10-15(14)17-16(13)20-2/h7-8,10-11H,4-6,9H2,1-3H3. The molecule has 0 aliphatic carbocycles. The van der Waals surface area contributed by atoms with E-state index in [0.717, 1.165) is 41.1 Å². The Bertz CT molecular complexity index is 756. The Kier molecular flexibility index (Phi) is 5.37. The van der Waals surface area contributed by atoms with E-state index in [1.165, 1.54) is 0 Å². The van der Waals surface area contributed by atoms with Gasteiger partial charge in [0.1, 0.15) is 0 Å². The van der Waals surface area contributed by atoms with Crippen molar-refractivity contribution in [2.75, 3.05) is 20.0 Å². The van der Waals surface area contributed by atoms with Crippen molar-refractivity contribution in [1.29, 1.82) is 0 Å². The Morgan fingerprint density at radius 1 is 1.23 bits per heavy atom. The molecule has 0 saturated carbocycles. The van der Waals surface area contributed by atoms with Gasteiger partial charge in [-0.25, -0.2) is 4.98 Å². The number of fused-ring (bicyclic) bond motifs is 1. The molecule has 120 valence electrons. The van der Waals surface area contributed by atoms with Crippen molar-refractivity contribution in [2.24, 2.45) is 0 Å². The SMILES string of the molecule is CCc1cc2ccc(CCCOS(C)(=O)=O)cc2nc1OC.